The van der Waals surface area contributed by atoms with E-state index in [0.29, 0.717) is 5.92 Å². The molecule has 2 heterocycles. The Labute approximate surface area is 108 Å². The molecule has 17 heavy (non-hydrogen) atoms. The molecule has 1 aromatic rings. The number of nitrogens with zero attached hydrogens (tertiary/aromatic N) is 3. The van der Waals surface area contributed by atoms with Crippen molar-refractivity contribution in [1.29, 1.82) is 0 Å². The van der Waals surface area contributed by atoms with Gasteiger partial charge in [-0.15, -0.1) is 0 Å². The van der Waals surface area contributed by atoms with Crippen LogP contribution in [0.15, 0.2) is 4.52 Å². The Hall–Kier alpha value is -0.405. The van der Waals surface area contributed by atoms with Crippen molar-refractivity contribution in [1.82, 2.24) is 15.0 Å². The molecule has 0 spiro atoms. The average molecular weight is 256 g/mol. The second-order valence-electron chi connectivity index (χ2n) is 3.99. The third kappa shape index (κ3) is 4.08. The first-order valence-electron chi connectivity index (χ1n) is 5.69. The van der Waals surface area contributed by atoms with Crippen molar-refractivity contribution in [3.05, 3.63) is 11.7 Å². The quantitative estimate of drug-likeness (QED) is 0.614. The zero-order valence-electron chi connectivity index (χ0n) is 10.1. The highest BCUT2D eigenvalue weighted by Crippen LogP contribution is 2.24. The van der Waals surface area contributed by atoms with Crippen molar-refractivity contribution >= 4 is 17.3 Å². The molecule has 1 fully saturated rings. The molecule has 2 atom stereocenters. The minimum Gasteiger partial charge on any atom is -0.346 e. The van der Waals surface area contributed by atoms with Crippen molar-refractivity contribution in [3.8, 4) is 0 Å². The van der Waals surface area contributed by atoms with E-state index in [4.69, 9.17) is 4.52 Å². The zero-order chi connectivity index (χ0) is 10.7. The summed E-state index contributed by atoms with van der Waals surface area (Å²) in [5.41, 5.74) is 0. The molecule has 0 N–H and O–H groups in total. The highest BCUT2D eigenvalue weighted by molar-refractivity contribution is 6.92. The number of aromatic nitrogens is 2. The molecular formula is C11H24BN3OP. The summed E-state index contributed by atoms with van der Waals surface area (Å²) < 4.78 is 5.15. The molecule has 4 nitrogen and oxygen atoms in total. The van der Waals surface area contributed by atoms with E-state index in [0.717, 1.165) is 31.2 Å². The molecule has 2 rings (SSSR count). The van der Waals surface area contributed by atoms with Crippen LogP contribution < -0.4 is 0 Å². The van der Waals surface area contributed by atoms with Crippen LogP contribution in [0.25, 0.3) is 0 Å². The van der Waals surface area contributed by atoms with Crippen LogP contribution in [0.2, 0.25) is 6.82 Å². The van der Waals surface area contributed by atoms with Crippen LogP contribution >= 0.6 is 9.90 Å². The zero-order valence-corrected chi connectivity index (χ0v) is 11.6. The van der Waals surface area contributed by atoms with Crippen LogP contribution in [0.4, 0.5) is 0 Å². The van der Waals surface area contributed by atoms with Crippen molar-refractivity contribution in [2.24, 2.45) is 0 Å². The van der Waals surface area contributed by atoms with Gasteiger partial charge in [0.05, 0.1) is 0 Å². The lowest BCUT2D eigenvalue weighted by molar-refractivity contribution is 0.307. The Morgan fingerprint density at radius 2 is 2.29 bits per heavy atom. The first kappa shape index (κ1) is 16.6. The van der Waals surface area contributed by atoms with E-state index in [2.05, 4.69) is 29.2 Å². The number of hydrogen-bond acceptors (Lipinski definition) is 4. The van der Waals surface area contributed by atoms with Gasteiger partial charge in [-0.3, -0.25) is 0 Å². The van der Waals surface area contributed by atoms with E-state index in [1.807, 2.05) is 6.92 Å². The second kappa shape index (κ2) is 7.83. The number of rotatable bonds is 3. The average Bonchev–Trinajstić information content (AvgIpc) is 2.78. The van der Waals surface area contributed by atoms with Gasteiger partial charge in [0.1, 0.15) is 0 Å². The molecule has 1 aliphatic heterocycles. The molecule has 0 aliphatic carbocycles. The lowest BCUT2D eigenvalue weighted by atomic mass is 9.87. The van der Waals surface area contributed by atoms with E-state index >= 15 is 0 Å². The van der Waals surface area contributed by atoms with Crippen LogP contribution in [0.5, 0.6) is 0 Å². The SMILES string of the molecule is C.C[B]N1CCCC(c2noc(CC)n2)C1.P. The van der Waals surface area contributed by atoms with Gasteiger partial charge in [0.15, 0.2) is 5.82 Å². The molecule has 97 valence electrons. The van der Waals surface area contributed by atoms with Gasteiger partial charge in [-0.1, -0.05) is 26.3 Å². The van der Waals surface area contributed by atoms with Crippen LogP contribution in [0, 0.1) is 0 Å². The minimum absolute atomic E-state index is 0. The van der Waals surface area contributed by atoms with Gasteiger partial charge in [-0.05, 0) is 25.9 Å². The van der Waals surface area contributed by atoms with Crippen molar-refractivity contribution < 1.29 is 4.52 Å². The molecular weight excluding hydrogens is 232 g/mol. The van der Waals surface area contributed by atoms with E-state index in [1.165, 1.54) is 12.8 Å². The molecule has 0 amide bonds. The number of hydrogen-bond donors (Lipinski definition) is 0. The summed E-state index contributed by atoms with van der Waals surface area (Å²) in [6.45, 7) is 6.30. The molecule has 1 aromatic heterocycles. The monoisotopic (exact) mass is 256 g/mol. The highest BCUT2D eigenvalue weighted by atomic mass is 31.0. The normalized spacial score (nSPS) is 20.2. The summed E-state index contributed by atoms with van der Waals surface area (Å²) in [6.07, 6.45) is 3.21. The van der Waals surface area contributed by atoms with Crippen molar-refractivity contribution in [2.45, 2.75) is 46.4 Å². The van der Waals surface area contributed by atoms with Crippen LogP contribution in [0.1, 0.15) is 44.8 Å². The fourth-order valence-corrected chi connectivity index (χ4v) is 2.03. The fraction of sp³-hybridized carbons (Fsp3) is 0.818. The summed E-state index contributed by atoms with van der Waals surface area (Å²) >= 11 is 0. The Morgan fingerprint density at radius 1 is 1.53 bits per heavy atom. The maximum absolute atomic E-state index is 5.15. The van der Waals surface area contributed by atoms with E-state index in [-0.39, 0.29) is 17.3 Å². The molecule has 2 unspecified atom stereocenters. The van der Waals surface area contributed by atoms with Gasteiger partial charge in [0.25, 0.3) is 0 Å². The van der Waals surface area contributed by atoms with Gasteiger partial charge < -0.3 is 9.33 Å². The Kier molecular flexibility index (Phi) is 7.65. The van der Waals surface area contributed by atoms with Gasteiger partial charge in [-0.25, -0.2) is 0 Å². The molecule has 1 radical (unpaired) electrons. The maximum Gasteiger partial charge on any atom is 0.226 e. The first-order valence-corrected chi connectivity index (χ1v) is 5.69. The van der Waals surface area contributed by atoms with Gasteiger partial charge in [0, 0.05) is 12.3 Å². The van der Waals surface area contributed by atoms with E-state index in [9.17, 15) is 0 Å². The highest BCUT2D eigenvalue weighted by Gasteiger charge is 2.24. The lowest BCUT2D eigenvalue weighted by Gasteiger charge is -2.29. The topological polar surface area (TPSA) is 42.2 Å². The summed E-state index contributed by atoms with van der Waals surface area (Å²) in [6, 6.07) is 0. The Bertz CT molecular complexity index is 321. The van der Waals surface area contributed by atoms with Crippen molar-refractivity contribution in [2.75, 3.05) is 13.1 Å². The second-order valence-corrected chi connectivity index (χ2v) is 3.99. The standard InChI is InChI=1S/C10H17BN3O.CH4.H3P/c1-3-9-12-10(13-15-9)8-5-4-6-14(7-8)11-2;;/h8H,3-7H2,1-2H3;1H4;1H3. The molecule has 1 saturated heterocycles. The van der Waals surface area contributed by atoms with Crippen molar-refractivity contribution in [3.63, 3.8) is 0 Å². The van der Waals surface area contributed by atoms with Crippen LogP contribution in [-0.4, -0.2) is 35.5 Å². The largest absolute Gasteiger partial charge is 0.346 e. The smallest absolute Gasteiger partial charge is 0.226 e. The first-order chi connectivity index (χ1) is 7.33. The maximum atomic E-state index is 5.15. The molecule has 0 saturated carbocycles. The van der Waals surface area contributed by atoms with Gasteiger partial charge in [0.2, 0.25) is 13.3 Å². The summed E-state index contributed by atoms with van der Waals surface area (Å²) in [4.78, 5) is 6.73. The van der Waals surface area contributed by atoms with Crippen LogP contribution in [-0.2, 0) is 6.42 Å². The third-order valence-corrected chi connectivity index (χ3v) is 2.97. The fourth-order valence-electron chi connectivity index (χ4n) is 2.03. The summed E-state index contributed by atoms with van der Waals surface area (Å²) in [7, 11) is 2.15. The van der Waals surface area contributed by atoms with E-state index in [1.54, 1.807) is 0 Å². The summed E-state index contributed by atoms with van der Waals surface area (Å²) in [5, 5.41) is 4.05. The number of piperidine rings is 1. The molecule has 0 aromatic carbocycles. The van der Waals surface area contributed by atoms with Crippen LogP contribution in [0.3, 0.4) is 0 Å². The third-order valence-electron chi connectivity index (χ3n) is 2.97. The predicted molar refractivity (Wildman–Crippen MR) is 76.7 cm³/mol. The Balaban J connectivity index is 0.00000128. The van der Waals surface area contributed by atoms with Gasteiger partial charge >= 0.3 is 0 Å². The lowest BCUT2D eigenvalue weighted by Crippen LogP contribution is -2.36. The minimum atomic E-state index is 0. The summed E-state index contributed by atoms with van der Waals surface area (Å²) in [5.74, 6) is 2.08. The van der Waals surface area contributed by atoms with E-state index < -0.39 is 0 Å². The number of aryl methyl sites for hydroxylation is 1. The molecule has 1 aliphatic rings. The van der Waals surface area contributed by atoms with Gasteiger partial charge in [-0.2, -0.15) is 14.9 Å². The molecule has 0 bridgehead atoms. The Morgan fingerprint density at radius 3 is 2.88 bits per heavy atom. The molecule has 6 heteroatoms. The predicted octanol–water partition coefficient (Wildman–Crippen LogP) is 2.17.